The van der Waals surface area contributed by atoms with E-state index in [-0.39, 0.29) is 27.2 Å². The minimum Gasteiger partial charge on any atom is -0.310 e. The first-order valence-corrected chi connectivity index (χ1v) is 48.7. The lowest BCUT2D eigenvalue weighted by Gasteiger charge is -2.46. The Bertz CT molecular complexity index is 7090. The zero-order valence-corrected chi connectivity index (χ0v) is 86.5. The Morgan fingerprint density at radius 1 is 0.224 bits per heavy atom. The van der Waals surface area contributed by atoms with Crippen LogP contribution in [0.2, 0.25) is 0 Å². The molecule has 4 nitrogen and oxygen atoms in total. The summed E-state index contributed by atoms with van der Waals surface area (Å²) >= 11 is 0. The lowest BCUT2D eigenvalue weighted by atomic mass is 9.33. The van der Waals surface area contributed by atoms with Crippen LogP contribution in [0.3, 0.4) is 0 Å². The van der Waals surface area contributed by atoms with Gasteiger partial charge in [0.2, 0.25) is 0 Å². The molecule has 0 radical (unpaired) electrons. The lowest BCUT2D eigenvalue weighted by molar-refractivity contribution is 0.410. The second-order valence-electron chi connectivity index (χ2n) is 49.9. The molecule has 2 aromatic heterocycles. The van der Waals surface area contributed by atoms with Gasteiger partial charge in [-0.2, -0.15) is 0 Å². The highest BCUT2D eigenvalue weighted by molar-refractivity contribution is 7.00. The largest absolute Gasteiger partial charge is 0.310 e. The highest BCUT2D eigenvalue weighted by atomic mass is 15.2. The minimum atomic E-state index is -2.27. The number of hydrogen-bond donors (Lipinski definition) is 0. The SMILES string of the molecule is [2H]C([2H])(c1cccc(-c2cc(C([2H])([2H])C(C)(C)C)cc(-c3cccc(C([2H])([2H])C(C)(C)C)c3)c2N2c3cc(-n4c5ccc(C(C)(C)C)cc5c5cc(C(C)(C)C)ccc54)ccc3B3c4ccc(-n5c6ccc(C(C)(C)C)cc6c6cc(C(C)(C)C)ccc65)cc4N(c4c(-c5cccc(C([2H])([2H])C(C)(C)C)c5)cc(C([2H])([2H])C(C)(C)C)cc4-c4cccc(C([2H])([2H])C(C)(C)C)c4)c4cc(C([2H])([2H])C(C)(C)C)cc2c43)c1)C(C)(C)C. The minimum absolute atomic E-state index is 0.244. The van der Waals surface area contributed by atoms with E-state index in [9.17, 15) is 19.2 Å². The maximum absolute atomic E-state index is 11.4. The van der Waals surface area contributed by atoms with E-state index in [1.54, 1.807) is 0 Å². The zero-order chi connectivity index (χ0) is 109. The molecule has 0 spiro atoms. The standard InChI is InChI=1S/C129H153BN4/c1-119(2,3)74-81-38-34-42-88(58-81)98-62-85(78-123(13,14)15)63-99(89-43-35-39-82(59-89)75-120(4,5)6)117(98)133-112-72-96(131-108-54-46-92(126(22,23)24)68-102(108)103-69-93(127(25,26)27)47-55-109(103)131)50-52-106(112)130-107-53-51-97(132-110-56-48-94(128(28,29)30)70-104(110)105-71-95(129(31,32)33)49-57-111(105)132)73-113(107)134(115-67-87(80-125(19,20)21)66-114(133)116(115)130)118-100(90-44-36-40-83(60-90)76-121(7,8)9)64-86(79-124(16,17)18)65-101(118)91-45-37-41-84(61-91)77-122(10,11)12/h34-73H,74-80H2,1-33H3/i74D2,75D2,76D2,77D2,78D2,79D2,80D2. The van der Waals surface area contributed by atoms with Crippen molar-refractivity contribution in [1.29, 1.82) is 0 Å². The Hall–Kier alpha value is -10.9. The van der Waals surface area contributed by atoms with Crippen LogP contribution in [0.25, 0.3) is 99.5 Å². The average molecular weight is 1780 g/mol. The molecule has 0 aliphatic carbocycles. The summed E-state index contributed by atoms with van der Waals surface area (Å²) in [7, 11) is 0. The van der Waals surface area contributed by atoms with Gasteiger partial charge >= 0.3 is 0 Å². The number of nitrogens with zero attached hydrogens (tertiary/aromatic N) is 4. The molecule has 692 valence electrons. The molecular weight excluding hydrogens is 1620 g/mol. The number of benzene rings is 13. The Kier molecular flexibility index (Phi) is 19.6. The van der Waals surface area contributed by atoms with Crippen molar-refractivity contribution in [1.82, 2.24) is 9.13 Å². The molecule has 0 bridgehead atoms. The topological polar surface area (TPSA) is 16.3 Å². The molecule has 0 N–H and O–H groups in total. The van der Waals surface area contributed by atoms with Crippen molar-refractivity contribution in [2.45, 2.75) is 295 Å². The van der Waals surface area contributed by atoms with Gasteiger partial charge in [0.05, 0.1) is 33.4 Å². The van der Waals surface area contributed by atoms with Crippen LogP contribution < -0.4 is 26.2 Å². The molecule has 134 heavy (non-hydrogen) atoms. The third kappa shape index (κ3) is 19.7. The summed E-state index contributed by atoms with van der Waals surface area (Å²) in [5, 5.41) is 4.26. The summed E-state index contributed by atoms with van der Waals surface area (Å²) in [5.74, 6) is 0. The van der Waals surface area contributed by atoms with Crippen LogP contribution in [0.15, 0.2) is 243 Å². The molecule has 15 aromatic rings. The van der Waals surface area contributed by atoms with Gasteiger partial charge in [-0.05, 0) is 313 Å². The summed E-state index contributed by atoms with van der Waals surface area (Å²) < 4.78 is 153. The van der Waals surface area contributed by atoms with Crippen LogP contribution >= 0.6 is 0 Å². The fraction of sp³-hybridized carbons (Fsp3) is 0.395. The van der Waals surface area contributed by atoms with Gasteiger partial charge in [-0.15, -0.1) is 0 Å². The summed E-state index contributed by atoms with van der Waals surface area (Å²) in [6, 6.07) is 83.4. The molecule has 0 unspecified atom stereocenters. The van der Waals surface area contributed by atoms with Crippen molar-refractivity contribution in [3.8, 4) is 55.9 Å². The van der Waals surface area contributed by atoms with Crippen molar-refractivity contribution in [3.05, 3.63) is 304 Å². The second-order valence-corrected chi connectivity index (χ2v) is 49.9. The van der Waals surface area contributed by atoms with Gasteiger partial charge in [0.25, 0.3) is 6.71 Å². The Morgan fingerprint density at radius 2 is 0.455 bits per heavy atom. The predicted octanol–water partition coefficient (Wildman–Crippen LogP) is 34.9. The van der Waals surface area contributed by atoms with E-state index < -0.39 is 89.2 Å². The molecule has 5 heteroatoms. The van der Waals surface area contributed by atoms with Crippen molar-refractivity contribution in [3.63, 3.8) is 0 Å². The van der Waals surface area contributed by atoms with E-state index >= 15 is 0 Å². The van der Waals surface area contributed by atoms with Crippen molar-refractivity contribution in [2.24, 2.45) is 37.9 Å². The third-order valence-corrected chi connectivity index (χ3v) is 25.5. The van der Waals surface area contributed by atoms with Crippen LogP contribution in [0.1, 0.15) is 309 Å². The van der Waals surface area contributed by atoms with Gasteiger partial charge in [-0.25, -0.2) is 0 Å². The number of fused-ring (bicyclic) bond motifs is 10. The summed E-state index contributed by atoms with van der Waals surface area (Å²) in [4.78, 5) is 4.59. The van der Waals surface area contributed by atoms with E-state index in [0.717, 1.165) is 65.9 Å². The van der Waals surface area contributed by atoms with Gasteiger partial charge in [0.1, 0.15) is 0 Å². The molecule has 17 rings (SSSR count). The fourth-order valence-electron chi connectivity index (χ4n) is 20.1. The lowest BCUT2D eigenvalue weighted by Crippen LogP contribution is -2.61. The highest BCUT2D eigenvalue weighted by Crippen LogP contribution is 2.57. The smallest absolute Gasteiger partial charge is 0.252 e. The van der Waals surface area contributed by atoms with Crippen molar-refractivity contribution >= 4 is 101 Å². The summed E-state index contributed by atoms with van der Waals surface area (Å²) in [6.45, 7) is 66.1. The Labute approximate surface area is 826 Å². The molecule has 0 fully saturated rings. The monoisotopic (exact) mass is 1780 g/mol. The van der Waals surface area contributed by atoms with E-state index in [0.29, 0.717) is 117 Å². The van der Waals surface area contributed by atoms with Crippen molar-refractivity contribution in [2.75, 3.05) is 9.80 Å². The van der Waals surface area contributed by atoms with Crippen LogP contribution in [-0.4, -0.2) is 15.8 Å². The summed E-state index contributed by atoms with van der Waals surface area (Å²) in [6.07, 6.45) is -14.4. The number of aromatic nitrogens is 2. The van der Waals surface area contributed by atoms with Crippen LogP contribution in [0, 0.1) is 37.9 Å². The maximum Gasteiger partial charge on any atom is 0.252 e. The van der Waals surface area contributed by atoms with Gasteiger partial charge in [-0.1, -0.05) is 362 Å². The second kappa shape index (κ2) is 33.5. The average Bonchev–Trinajstić information content (AvgIpc) is 0.917. The van der Waals surface area contributed by atoms with Crippen LogP contribution in [-0.2, 0) is 66.3 Å². The number of rotatable bonds is 15. The molecule has 13 aromatic carbocycles. The summed E-state index contributed by atoms with van der Waals surface area (Å²) in [5.41, 5.74) is 14.2. The van der Waals surface area contributed by atoms with E-state index in [4.69, 9.17) is 0 Å². The van der Waals surface area contributed by atoms with E-state index in [1.807, 2.05) is 279 Å². The van der Waals surface area contributed by atoms with Gasteiger partial charge in [0.15, 0.2) is 0 Å². The third-order valence-electron chi connectivity index (χ3n) is 25.5. The molecule has 0 amide bonds. The van der Waals surface area contributed by atoms with Gasteiger partial charge in [0, 0.05) is 97.1 Å². The molecule has 4 heterocycles. The zero-order valence-electron chi connectivity index (χ0n) is 100. The molecule has 0 saturated heterocycles. The predicted molar refractivity (Wildman–Crippen MR) is 588 cm³/mol. The Morgan fingerprint density at radius 3 is 0.687 bits per heavy atom. The first-order valence-electron chi connectivity index (χ1n) is 55.7. The fourth-order valence-corrected chi connectivity index (χ4v) is 20.1. The van der Waals surface area contributed by atoms with Gasteiger partial charge in [-0.3, -0.25) is 0 Å². The first kappa shape index (κ1) is 78.3. The van der Waals surface area contributed by atoms with Gasteiger partial charge < -0.3 is 18.9 Å². The molecule has 0 atom stereocenters. The quantitative estimate of drug-likeness (QED) is 0.0951. The van der Waals surface area contributed by atoms with Crippen LogP contribution in [0.5, 0.6) is 0 Å². The number of hydrogen-bond acceptors (Lipinski definition) is 2. The molecule has 2 aliphatic rings. The molecule has 0 saturated carbocycles. The van der Waals surface area contributed by atoms with E-state index in [2.05, 4.69) is 211 Å². The van der Waals surface area contributed by atoms with Crippen LogP contribution in [0.4, 0.5) is 34.1 Å². The van der Waals surface area contributed by atoms with Crippen molar-refractivity contribution < 1.29 is 19.2 Å². The number of anilines is 6. The first-order chi connectivity index (χ1) is 67.7. The van der Waals surface area contributed by atoms with E-state index in [1.165, 1.54) is 22.3 Å². The normalized spacial score (nSPS) is 16.2. The molecule has 2 aliphatic heterocycles. The molecular formula is C129H153BN4. The Balaban J connectivity index is 1.17. The highest BCUT2D eigenvalue weighted by Gasteiger charge is 2.47. The maximum atomic E-state index is 11.4.